The van der Waals surface area contributed by atoms with Crippen LogP contribution in [-0.2, 0) is 19.6 Å². The Kier molecular flexibility index (Phi) is 3.91. The molecule has 0 aliphatic rings. The van der Waals surface area contributed by atoms with Gasteiger partial charge in [-0.2, -0.15) is 4.72 Å². The van der Waals surface area contributed by atoms with Gasteiger partial charge in [0.2, 0.25) is 10.0 Å². The molecule has 0 aromatic rings. The predicted molar refractivity (Wildman–Crippen MR) is 43.7 cm³/mol. The Bertz CT molecular complexity index is 269. The third-order valence-electron chi connectivity index (χ3n) is 0.837. The molecular formula is C6H11NO4S. The summed E-state index contributed by atoms with van der Waals surface area (Å²) in [6.07, 6.45) is 1.16. The van der Waals surface area contributed by atoms with Gasteiger partial charge in [0.25, 0.3) is 0 Å². The molecule has 5 nitrogen and oxygen atoms in total. The van der Waals surface area contributed by atoms with Gasteiger partial charge in [0, 0.05) is 6.92 Å². The fourth-order valence-electron chi connectivity index (χ4n) is 0.510. The van der Waals surface area contributed by atoms with Crippen molar-refractivity contribution in [3.8, 4) is 0 Å². The zero-order chi connectivity index (χ0) is 9.78. The Balaban J connectivity index is 4.19. The molecule has 0 saturated carbocycles. The normalized spacial score (nSPS) is 13.5. The largest absolute Gasteiger partial charge is 0.442 e. The van der Waals surface area contributed by atoms with Crippen LogP contribution in [0.5, 0.6) is 0 Å². The fraction of sp³-hybridized carbons (Fsp3) is 0.500. The third-order valence-corrected chi connectivity index (χ3v) is 1.50. The van der Waals surface area contributed by atoms with Crippen LogP contribution in [0.4, 0.5) is 0 Å². The van der Waals surface area contributed by atoms with Crippen LogP contribution in [0, 0.1) is 0 Å². The van der Waals surface area contributed by atoms with Crippen LogP contribution in [0.25, 0.3) is 0 Å². The first-order valence-electron chi connectivity index (χ1n) is 3.12. The lowest BCUT2D eigenvalue weighted by atomic mass is 10.6. The number of hydrogen-bond donors (Lipinski definition) is 1. The van der Waals surface area contributed by atoms with Crippen molar-refractivity contribution in [1.29, 1.82) is 0 Å². The number of rotatable bonds is 4. The van der Waals surface area contributed by atoms with E-state index in [-0.39, 0.29) is 0 Å². The summed E-state index contributed by atoms with van der Waals surface area (Å²) in [5.74, 6) is -0.573. The van der Waals surface area contributed by atoms with Gasteiger partial charge >= 0.3 is 5.97 Å². The summed E-state index contributed by atoms with van der Waals surface area (Å²) in [7, 11) is -3.38. The van der Waals surface area contributed by atoms with Crippen LogP contribution in [0.15, 0.2) is 12.7 Å². The predicted octanol–water partition coefficient (Wildman–Crippen LogP) is -0.389. The van der Waals surface area contributed by atoms with Gasteiger partial charge in [-0.1, -0.05) is 6.58 Å². The van der Waals surface area contributed by atoms with Crippen molar-refractivity contribution in [1.82, 2.24) is 4.72 Å². The molecular weight excluding hydrogens is 182 g/mol. The lowest BCUT2D eigenvalue weighted by Crippen LogP contribution is -2.35. The van der Waals surface area contributed by atoms with Gasteiger partial charge in [0.15, 0.2) is 6.23 Å². The average molecular weight is 193 g/mol. The fourth-order valence-corrected chi connectivity index (χ4v) is 1.08. The topological polar surface area (TPSA) is 72.5 Å². The van der Waals surface area contributed by atoms with Crippen LogP contribution in [0.2, 0.25) is 0 Å². The van der Waals surface area contributed by atoms with Crippen LogP contribution in [-0.4, -0.2) is 26.9 Å². The first-order valence-corrected chi connectivity index (χ1v) is 5.01. The highest BCUT2D eigenvalue weighted by atomic mass is 32.2. The van der Waals surface area contributed by atoms with Gasteiger partial charge in [-0.05, 0) is 6.08 Å². The Morgan fingerprint density at radius 1 is 1.67 bits per heavy atom. The second-order valence-corrected chi connectivity index (χ2v) is 3.94. The van der Waals surface area contributed by atoms with Crippen LogP contribution < -0.4 is 4.72 Å². The molecule has 6 heteroatoms. The zero-order valence-electron chi connectivity index (χ0n) is 6.90. The maximum absolute atomic E-state index is 10.6. The highest BCUT2D eigenvalue weighted by Gasteiger charge is 2.11. The first-order chi connectivity index (χ1) is 5.35. The molecule has 0 rings (SSSR count). The number of sulfonamides is 1. The maximum atomic E-state index is 10.6. The lowest BCUT2D eigenvalue weighted by molar-refractivity contribution is -0.144. The standard InChI is InChI=1S/C6H11NO4S/c1-4-6(11-5(2)8)7-12(3,9)10/h4,6-7H,1H2,2-3H3. The molecule has 1 unspecified atom stereocenters. The molecule has 1 atom stereocenters. The van der Waals surface area contributed by atoms with Crippen molar-refractivity contribution in [2.24, 2.45) is 0 Å². The minimum absolute atomic E-state index is 0.573. The van der Waals surface area contributed by atoms with E-state index in [0.717, 1.165) is 6.26 Å². The van der Waals surface area contributed by atoms with Crippen molar-refractivity contribution in [2.75, 3.05) is 6.26 Å². The van der Waals surface area contributed by atoms with Gasteiger partial charge in [-0.15, -0.1) is 0 Å². The second kappa shape index (κ2) is 4.22. The van der Waals surface area contributed by atoms with E-state index in [1.165, 1.54) is 13.0 Å². The Morgan fingerprint density at radius 2 is 2.17 bits per heavy atom. The van der Waals surface area contributed by atoms with Crippen LogP contribution in [0.1, 0.15) is 6.92 Å². The van der Waals surface area contributed by atoms with Gasteiger partial charge in [0.05, 0.1) is 6.26 Å². The van der Waals surface area contributed by atoms with E-state index in [1.54, 1.807) is 0 Å². The van der Waals surface area contributed by atoms with Crippen molar-refractivity contribution < 1.29 is 17.9 Å². The highest BCUT2D eigenvalue weighted by molar-refractivity contribution is 7.88. The molecule has 0 aromatic carbocycles. The molecule has 70 valence electrons. The molecule has 0 fully saturated rings. The minimum atomic E-state index is -3.38. The summed E-state index contributed by atoms with van der Waals surface area (Å²) in [6, 6.07) is 0. The Labute approximate surface area is 71.5 Å². The van der Waals surface area contributed by atoms with Crippen LogP contribution in [0.3, 0.4) is 0 Å². The molecule has 0 spiro atoms. The molecule has 0 saturated heterocycles. The molecule has 0 aliphatic heterocycles. The van der Waals surface area contributed by atoms with E-state index in [2.05, 4.69) is 11.3 Å². The number of ether oxygens (including phenoxy) is 1. The lowest BCUT2D eigenvalue weighted by Gasteiger charge is -2.12. The molecule has 1 N–H and O–H groups in total. The molecule has 0 heterocycles. The van der Waals surface area contributed by atoms with Crippen molar-refractivity contribution in [3.05, 3.63) is 12.7 Å². The summed E-state index contributed by atoms with van der Waals surface area (Å²) >= 11 is 0. The molecule has 0 aromatic heterocycles. The number of esters is 1. The van der Waals surface area contributed by atoms with Crippen molar-refractivity contribution in [2.45, 2.75) is 13.2 Å². The molecule has 12 heavy (non-hydrogen) atoms. The van der Waals surface area contributed by atoms with Crippen LogP contribution >= 0.6 is 0 Å². The number of carbonyl (C=O) groups is 1. The van der Waals surface area contributed by atoms with E-state index in [9.17, 15) is 13.2 Å². The number of hydrogen-bond acceptors (Lipinski definition) is 4. The number of nitrogens with one attached hydrogen (secondary N) is 1. The molecule has 0 bridgehead atoms. The number of carbonyl (C=O) groups excluding carboxylic acids is 1. The molecule has 0 amide bonds. The van der Waals surface area contributed by atoms with E-state index < -0.39 is 22.2 Å². The second-order valence-electron chi connectivity index (χ2n) is 2.16. The van der Waals surface area contributed by atoms with Gasteiger partial charge in [-0.3, -0.25) is 4.79 Å². The molecule has 0 radical (unpaired) electrons. The summed E-state index contributed by atoms with van der Waals surface area (Å²) in [5, 5.41) is 0. The average Bonchev–Trinajstić information content (AvgIpc) is 1.82. The van der Waals surface area contributed by atoms with E-state index in [4.69, 9.17) is 0 Å². The minimum Gasteiger partial charge on any atom is -0.442 e. The zero-order valence-corrected chi connectivity index (χ0v) is 7.72. The van der Waals surface area contributed by atoms with E-state index >= 15 is 0 Å². The Morgan fingerprint density at radius 3 is 2.42 bits per heavy atom. The smallest absolute Gasteiger partial charge is 0.304 e. The van der Waals surface area contributed by atoms with E-state index in [1.807, 2.05) is 4.72 Å². The monoisotopic (exact) mass is 193 g/mol. The Hall–Kier alpha value is -0.880. The van der Waals surface area contributed by atoms with Gasteiger partial charge < -0.3 is 4.74 Å². The quantitative estimate of drug-likeness (QED) is 0.375. The molecule has 0 aliphatic carbocycles. The SMILES string of the molecule is C=CC(NS(C)(=O)=O)OC(C)=O. The third kappa shape index (κ3) is 5.87. The van der Waals surface area contributed by atoms with Gasteiger partial charge in [-0.25, -0.2) is 8.42 Å². The summed E-state index contributed by atoms with van der Waals surface area (Å²) in [6.45, 7) is 4.48. The van der Waals surface area contributed by atoms with Crippen molar-refractivity contribution >= 4 is 16.0 Å². The summed E-state index contributed by atoms with van der Waals surface area (Å²) in [4.78, 5) is 10.4. The highest BCUT2D eigenvalue weighted by Crippen LogP contribution is 1.91. The maximum Gasteiger partial charge on any atom is 0.304 e. The summed E-state index contributed by atoms with van der Waals surface area (Å²) in [5.41, 5.74) is 0. The van der Waals surface area contributed by atoms with E-state index in [0.29, 0.717) is 0 Å². The van der Waals surface area contributed by atoms with Gasteiger partial charge in [0.1, 0.15) is 0 Å². The summed E-state index contributed by atoms with van der Waals surface area (Å²) < 4.78 is 27.8. The first kappa shape index (κ1) is 11.1. The van der Waals surface area contributed by atoms with Crippen molar-refractivity contribution in [3.63, 3.8) is 0 Å².